The Hall–Kier alpha value is -0.740. The number of benzene rings is 1. The number of hydrogen-bond donors (Lipinski definition) is 1. The van der Waals surface area contributed by atoms with E-state index in [1.54, 1.807) is 18.2 Å². The molecular formula is C10H14ClNO2S. The van der Waals surface area contributed by atoms with Gasteiger partial charge in [0.1, 0.15) is 0 Å². The van der Waals surface area contributed by atoms with E-state index in [1.165, 1.54) is 0 Å². The van der Waals surface area contributed by atoms with Crippen LogP contribution in [0.5, 0.6) is 0 Å². The van der Waals surface area contributed by atoms with E-state index in [0.717, 1.165) is 5.56 Å². The lowest BCUT2D eigenvalue weighted by molar-refractivity contribution is 0.600. The predicted octanol–water partition coefficient (Wildman–Crippen LogP) is 2.80. The molecule has 15 heavy (non-hydrogen) atoms. The average Bonchev–Trinajstić information content (AvgIpc) is 2.10. The van der Waals surface area contributed by atoms with Gasteiger partial charge in [0.25, 0.3) is 0 Å². The van der Waals surface area contributed by atoms with Crippen LogP contribution in [-0.4, -0.2) is 14.2 Å². The summed E-state index contributed by atoms with van der Waals surface area (Å²) in [6, 6.07) is 5.13. The van der Waals surface area contributed by atoms with Gasteiger partial charge in [0.15, 0.2) is 0 Å². The molecule has 0 saturated heterocycles. The third-order valence-electron chi connectivity index (χ3n) is 1.94. The highest BCUT2D eigenvalue weighted by atomic mass is 35.5. The van der Waals surface area contributed by atoms with Crippen LogP contribution >= 0.6 is 11.6 Å². The molecule has 0 heterocycles. The van der Waals surface area contributed by atoms with Crippen LogP contribution in [-0.2, 0) is 10.0 Å². The van der Waals surface area contributed by atoms with Gasteiger partial charge in [-0.3, -0.25) is 4.72 Å². The molecule has 0 aromatic heterocycles. The van der Waals surface area contributed by atoms with Gasteiger partial charge in [-0.05, 0) is 31.0 Å². The molecule has 3 nitrogen and oxygen atoms in total. The maximum Gasteiger partial charge on any atom is 0.232 e. The van der Waals surface area contributed by atoms with Crippen molar-refractivity contribution in [3.63, 3.8) is 0 Å². The Morgan fingerprint density at radius 1 is 1.40 bits per heavy atom. The van der Waals surface area contributed by atoms with E-state index in [-0.39, 0.29) is 5.75 Å². The summed E-state index contributed by atoms with van der Waals surface area (Å²) in [6.07, 6.45) is 0.592. The van der Waals surface area contributed by atoms with Crippen LogP contribution in [0.3, 0.4) is 0 Å². The minimum absolute atomic E-state index is 0.124. The van der Waals surface area contributed by atoms with Crippen LogP contribution in [0.2, 0.25) is 5.02 Å². The first-order valence-corrected chi connectivity index (χ1v) is 6.74. The maximum absolute atomic E-state index is 11.5. The van der Waals surface area contributed by atoms with E-state index in [4.69, 9.17) is 11.6 Å². The fourth-order valence-electron chi connectivity index (χ4n) is 1.19. The quantitative estimate of drug-likeness (QED) is 0.889. The van der Waals surface area contributed by atoms with Crippen molar-refractivity contribution in [2.75, 3.05) is 10.5 Å². The second kappa shape index (κ2) is 4.86. The molecule has 0 unspecified atom stereocenters. The second-order valence-electron chi connectivity index (χ2n) is 3.38. The standard InChI is InChI=1S/C10H14ClNO2S/c1-3-6-15(13,14)12-10-7-9(11)5-4-8(10)2/h4-5,7,12H,3,6H2,1-2H3. The van der Waals surface area contributed by atoms with E-state index in [1.807, 2.05) is 13.8 Å². The van der Waals surface area contributed by atoms with E-state index in [0.29, 0.717) is 17.1 Å². The first-order chi connectivity index (χ1) is 6.94. The zero-order chi connectivity index (χ0) is 11.5. The van der Waals surface area contributed by atoms with Crippen LogP contribution in [0.15, 0.2) is 18.2 Å². The maximum atomic E-state index is 11.5. The number of nitrogens with one attached hydrogen (secondary N) is 1. The molecule has 0 saturated carbocycles. The van der Waals surface area contributed by atoms with Gasteiger partial charge in [-0.15, -0.1) is 0 Å². The Bertz CT molecular complexity index is 443. The Morgan fingerprint density at radius 2 is 2.07 bits per heavy atom. The smallest absolute Gasteiger partial charge is 0.232 e. The molecule has 0 amide bonds. The zero-order valence-electron chi connectivity index (χ0n) is 8.75. The first-order valence-electron chi connectivity index (χ1n) is 4.71. The van der Waals surface area contributed by atoms with Gasteiger partial charge in [0.05, 0.1) is 11.4 Å². The van der Waals surface area contributed by atoms with Crippen molar-refractivity contribution in [3.8, 4) is 0 Å². The second-order valence-corrected chi connectivity index (χ2v) is 5.66. The van der Waals surface area contributed by atoms with Crippen molar-refractivity contribution in [3.05, 3.63) is 28.8 Å². The molecule has 0 radical (unpaired) electrons. The molecule has 0 aliphatic rings. The molecule has 1 N–H and O–H groups in total. The largest absolute Gasteiger partial charge is 0.283 e. The van der Waals surface area contributed by atoms with Gasteiger partial charge >= 0.3 is 0 Å². The third kappa shape index (κ3) is 3.72. The van der Waals surface area contributed by atoms with Crippen molar-refractivity contribution in [1.82, 2.24) is 0 Å². The van der Waals surface area contributed by atoms with Gasteiger partial charge in [0, 0.05) is 5.02 Å². The van der Waals surface area contributed by atoms with E-state index >= 15 is 0 Å². The summed E-state index contributed by atoms with van der Waals surface area (Å²) < 4.78 is 25.5. The molecule has 84 valence electrons. The van der Waals surface area contributed by atoms with Gasteiger partial charge in [-0.25, -0.2) is 8.42 Å². The number of aryl methyl sites for hydroxylation is 1. The van der Waals surface area contributed by atoms with Crippen LogP contribution in [0.25, 0.3) is 0 Å². The first kappa shape index (κ1) is 12.3. The van der Waals surface area contributed by atoms with E-state index < -0.39 is 10.0 Å². The van der Waals surface area contributed by atoms with Crippen molar-refractivity contribution in [2.24, 2.45) is 0 Å². The van der Waals surface area contributed by atoms with Crippen LogP contribution in [0, 0.1) is 6.92 Å². The summed E-state index contributed by atoms with van der Waals surface area (Å²) >= 11 is 5.79. The van der Waals surface area contributed by atoms with E-state index in [9.17, 15) is 8.42 Å². The summed E-state index contributed by atoms with van der Waals surface area (Å²) in [5.74, 6) is 0.124. The molecule has 0 bridgehead atoms. The van der Waals surface area contributed by atoms with Crippen molar-refractivity contribution >= 4 is 27.3 Å². The number of hydrogen-bond acceptors (Lipinski definition) is 2. The Labute approximate surface area is 95.5 Å². The highest BCUT2D eigenvalue weighted by Gasteiger charge is 2.10. The molecule has 0 atom stereocenters. The molecular weight excluding hydrogens is 234 g/mol. The molecule has 1 aromatic rings. The minimum Gasteiger partial charge on any atom is -0.283 e. The van der Waals surface area contributed by atoms with Crippen LogP contribution in [0.1, 0.15) is 18.9 Å². The third-order valence-corrected chi connectivity index (χ3v) is 3.65. The SMILES string of the molecule is CCCS(=O)(=O)Nc1cc(Cl)ccc1C. The van der Waals surface area contributed by atoms with Gasteiger partial charge in [-0.2, -0.15) is 0 Å². The molecule has 0 aliphatic heterocycles. The van der Waals surface area contributed by atoms with Gasteiger partial charge < -0.3 is 0 Å². The number of halogens is 1. The predicted molar refractivity (Wildman–Crippen MR) is 63.9 cm³/mol. The lowest BCUT2D eigenvalue weighted by atomic mass is 10.2. The van der Waals surface area contributed by atoms with Crippen molar-refractivity contribution in [1.29, 1.82) is 0 Å². The normalized spacial score (nSPS) is 11.4. The molecule has 0 spiro atoms. The fourth-order valence-corrected chi connectivity index (χ4v) is 2.56. The molecule has 5 heteroatoms. The summed E-state index contributed by atoms with van der Waals surface area (Å²) in [5, 5.41) is 0.523. The Kier molecular flexibility index (Phi) is 3.99. The highest BCUT2D eigenvalue weighted by Crippen LogP contribution is 2.21. The summed E-state index contributed by atoms with van der Waals surface area (Å²) in [6.45, 7) is 3.66. The van der Waals surface area contributed by atoms with Crippen LogP contribution in [0.4, 0.5) is 5.69 Å². The highest BCUT2D eigenvalue weighted by molar-refractivity contribution is 7.92. The molecule has 0 aliphatic carbocycles. The Morgan fingerprint density at radius 3 is 2.67 bits per heavy atom. The molecule has 1 rings (SSSR count). The lowest BCUT2D eigenvalue weighted by Crippen LogP contribution is -2.16. The molecule has 0 fully saturated rings. The summed E-state index contributed by atoms with van der Waals surface area (Å²) in [7, 11) is -3.23. The number of anilines is 1. The van der Waals surface area contributed by atoms with Gasteiger partial charge in [0.2, 0.25) is 10.0 Å². The summed E-state index contributed by atoms with van der Waals surface area (Å²) in [5.41, 5.74) is 1.41. The van der Waals surface area contributed by atoms with Crippen molar-refractivity contribution < 1.29 is 8.42 Å². The van der Waals surface area contributed by atoms with Crippen LogP contribution < -0.4 is 4.72 Å². The monoisotopic (exact) mass is 247 g/mol. The topological polar surface area (TPSA) is 46.2 Å². The zero-order valence-corrected chi connectivity index (χ0v) is 10.3. The molecule has 1 aromatic carbocycles. The van der Waals surface area contributed by atoms with Gasteiger partial charge in [-0.1, -0.05) is 24.6 Å². The number of rotatable bonds is 4. The average molecular weight is 248 g/mol. The van der Waals surface area contributed by atoms with E-state index in [2.05, 4.69) is 4.72 Å². The fraction of sp³-hybridized carbons (Fsp3) is 0.400. The summed E-state index contributed by atoms with van der Waals surface area (Å²) in [4.78, 5) is 0. The Balaban J connectivity index is 2.94. The number of sulfonamides is 1. The lowest BCUT2D eigenvalue weighted by Gasteiger charge is -2.09. The minimum atomic E-state index is -3.23. The van der Waals surface area contributed by atoms with Crippen molar-refractivity contribution in [2.45, 2.75) is 20.3 Å².